The van der Waals surface area contributed by atoms with Gasteiger partial charge in [0.25, 0.3) is 0 Å². The molecule has 0 aromatic heterocycles. The number of carboxylic acids is 1. The summed E-state index contributed by atoms with van der Waals surface area (Å²) in [6, 6.07) is 0. The van der Waals surface area contributed by atoms with Gasteiger partial charge in [0.2, 0.25) is 12.1 Å². The first-order valence-electron chi connectivity index (χ1n) is 9.86. The van der Waals surface area contributed by atoms with Gasteiger partial charge in [0.1, 0.15) is 0 Å². The van der Waals surface area contributed by atoms with Crippen LogP contribution in [0.15, 0.2) is 0 Å². The van der Waals surface area contributed by atoms with Crippen molar-refractivity contribution in [1.29, 1.82) is 0 Å². The maximum atomic E-state index is 12.1. The molecule has 5 fully saturated rings. The molecule has 0 aromatic carbocycles. The lowest BCUT2D eigenvalue weighted by Gasteiger charge is -2.59. The van der Waals surface area contributed by atoms with Crippen molar-refractivity contribution in [3.8, 4) is 0 Å². The van der Waals surface area contributed by atoms with E-state index in [1.165, 1.54) is 0 Å². The fourth-order valence-corrected chi connectivity index (χ4v) is 5.40. The predicted octanol–water partition coefficient (Wildman–Crippen LogP) is 2.60. The average Bonchev–Trinajstić information content (AvgIpc) is 2.84. The number of aliphatic carboxylic acids is 1. The Kier molecular flexibility index (Phi) is 4.73. The molecule has 1 N–H and O–H groups in total. The SMILES string of the molecule is C[C@H]1[C@H](OC(=O)CCC(=O)O)O[C@@H]2O[C@@]3(C)CC[C@H]4[C@H](C)CC[C@@H]1C24OO3. The van der Waals surface area contributed by atoms with E-state index in [0.29, 0.717) is 12.3 Å². The van der Waals surface area contributed by atoms with Crippen molar-refractivity contribution < 1.29 is 38.7 Å². The Morgan fingerprint density at radius 3 is 2.63 bits per heavy atom. The van der Waals surface area contributed by atoms with Crippen LogP contribution in [0.2, 0.25) is 0 Å². The van der Waals surface area contributed by atoms with Crippen molar-refractivity contribution in [1.82, 2.24) is 0 Å². The highest BCUT2D eigenvalue weighted by Crippen LogP contribution is 2.60. The first kappa shape index (κ1) is 19.1. The monoisotopic (exact) mass is 384 g/mol. The van der Waals surface area contributed by atoms with Gasteiger partial charge in [-0.05, 0) is 38.0 Å². The predicted molar refractivity (Wildman–Crippen MR) is 89.8 cm³/mol. The number of carbonyl (C=O) groups is 2. The lowest BCUT2D eigenvalue weighted by atomic mass is 9.58. The van der Waals surface area contributed by atoms with Crippen LogP contribution < -0.4 is 0 Å². The summed E-state index contributed by atoms with van der Waals surface area (Å²) in [5.41, 5.74) is -0.697. The third-order valence-corrected chi connectivity index (χ3v) is 6.89. The molecule has 8 nitrogen and oxygen atoms in total. The van der Waals surface area contributed by atoms with E-state index in [0.717, 1.165) is 19.3 Å². The van der Waals surface area contributed by atoms with Gasteiger partial charge in [-0.1, -0.05) is 13.8 Å². The van der Waals surface area contributed by atoms with Gasteiger partial charge in [-0.15, -0.1) is 0 Å². The summed E-state index contributed by atoms with van der Waals surface area (Å²) >= 11 is 0. The highest BCUT2D eigenvalue weighted by atomic mass is 17.3. The van der Waals surface area contributed by atoms with Crippen molar-refractivity contribution in [3.63, 3.8) is 0 Å². The van der Waals surface area contributed by atoms with Crippen LogP contribution in [0.3, 0.4) is 0 Å². The Balaban J connectivity index is 1.58. The molecule has 8 atom stereocenters. The molecule has 4 heterocycles. The molecule has 1 spiro atoms. The summed E-state index contributed by atoms with van der Waals surface area (Å²) < 4.78 is 17.8. The molecule has 1 saturated carbocycles. The van der Waals surface area contributed by atoms with E-state index < -0.39 is 35.9 Å². The van der Waals surface area contributed by atoms with Crippen LogP contribution in [0.4, 0.5) is 0 Å². The van der Waals surface area contributed by atoms with E-state index in [2.05, 4.69) is 6.92 Å². The molecule has 0 radical (unpaired) electrons. The maximum absolute atomic E-state index is 12.1. The van der Waals surface area contributed by atoms with Crippen LogP contribution >= 0.6 is 0 Å². The van der Waals surface area contributed by atoms with E-state index in [-0.39, 0.29) is 30.6 Å². The molecular formula is C19H28O8. The van der Waals surface area contributed by atoms with Gasteiger partial charge in [0.05, 0.1) is 12.8 Å². The van der Waals surface area contributed by atoms with E-state index in [1.807, 2.05) is 13.8 Å². The van der Waals surface area contributed by atoms with Gasteiger partial charge in [-0.25, -0.2) is 9.78 Å². The van der Waals surface area contributed by atoms with E-state index in [4.69, 9.17) is 29.1 Å². The second kappa shape index (κ2) is 6.69. The zero-order valence-electron chi connectivity index (χ0n) is 16.0. The summed E-state index contributed by atoms with van der Waals surface area (Å²) in [5, 5.41) is 8.76. The van der Waals surface area contributed by atoms with Crippen LogP contribution in [0.25, 0.3) is 0 Å². The average molecular weight is 384 g/mol. The van der Waals surface area contributed by atoms with Crippen LogP contribution in [0.1, 0.15) is 59.3 Å². The van der Waals surface area contributed by atoms with Gasteiger partial charge < -0.3 is 19.3 Å². The first-order valence-corrected chi connectivity index (χ1v) is 9.86. The van der Waals surface area contributed by atoms with E-state index >= 15 is 0 Å². The molecule has 5 aliphatic rings. The molecular weight excluding hydrogens is 356 g/mol. The van der Waals surface area contributed by atoms with Gasteiger partial charge in [-0.3, -0.25) is 9.59 Å². The smallest absolute Gasteiger partial charge is 0.308 e. The number of carboxylic acid groups (broad SMARTS) is 1. The number of rotatable bonds is 4. The molecule has 27 heavy (non-hydrogen) atoms. The lowest BCUT2D eigenvalue weighted by Crippen LogP contribution is -2.70. The van der Waals surface area contributed by atoms with E-state index in [1.54, 1.807) is 0 Å². The Hall–Kier alpha value is -1.22. The van der Waals surface area contributed by atoms with Crippen molar-refractivity contribution in [3.05, 3.63) is 0 Å². The van der Waals surface area contributed by atoms with Gasteiger partial charge in [-0.2, -0.15) is 0 Å². The highest BCUT2D eigenvalue weighted by molar-refractivity contribution is 5.76. The fraction of sp³-hybridized carbons (Fsp3) is 0.895. The van der Waals surface area contributed by atoms with Crippen LogP contribution in [-0.4, -0.2) is 41.0 Å². The summed E-state index contributed by atoms with van der Waals surface area (Å²) in [6.45, 7) is 6.06. The molecule has 0 amide bonds. The number of ether oxygens (including phenoxy) is 3. The summed E-state index contributed by atoms with van der Waals surface area (Å²) in [6.07, 6.45) is 1.72. The third kappa shape index (κ3) is 3.06. The number of esters is 1. The summed E-state index contributed by atoms with van der Waals surface area (Å²) in [5.74, 6) is -1.82. The molecule has 8 heteroatoms. The first-order chi connectivity index (χ1) is 12.7. The molecule has 2 bridgehead atoms. The van der Waals surface area contributed by atoms with E-state index in [9.17, 15) is 9.59 Å². The quantitative estimate of drug-likeness (QED) is 0.583. The van der Waals surface area contributed by atoms with Crippen molar-refractivity contribution in [2.45, 2.75) is 83.3 Å². The molecule has 4 aliphatic heterocycles. The third-order valence-electron chi connectivity index (χ3n) is 6.89. The summed E-state index contributed by atoms with van der Waals surface area (Å²) in [7, 11) is 0. The molecule has 0 aromatic rings. The zero-order chi connectivity index (χ0) is 19.4. The zero-order valence-corrected chi connectivity index (χ0v) is 16.0. The van der Waals surface area contributed by atoms with Gasteiger partial charge in [0, 0.05) is 18.3 Å². The van der Waals surface area contributed by atoms with Crippen LogP contribution in [0, 0.1) is 23.7 Å². The fourth-order valence-electron chi connectivity index (χ4n) is 5.40. The number of fused-ring (bicyclic) bond motifs is 2. The van der Waals surface area contributed by atoms with Gasteiger partial charge in [0.15, 0.2) is 11.9 Å². The number of carbonyl (C=O) groups excluding carboxylic acids is 1. The minimum atomic E-state index is -1.03. The van der Waals surface area contributed by atoms with Crippen molar-refractivity contribution in [2.75, 3.05) is 0 Å². The minimum Gasteiger partial charge on any atom is -0.481 e. The lowest BCUT2D eigenvalue weighted by molar-refractivity contribution is -0.576. The number of hydrogen-bond acceptors (Lipinski definition) is 7. The molecule has 5 rings (SSSR count). The molecule has 1 aliphatic carbocycles. The normalized spacial score (nSPS) is 48.4. The van der Waals surface area contributed by atoms with Crippen LogP contribution in [-0.2, 0) is 33.6 Å². The van der Waals surface area contributed by atoms with Crippen molar-refractivity contribution >= 4 is 11.9 Å². The Labute approximate surface area is 158 Å². The van der Waals surface area contributed by atoms with Crippen molar-refractivity contribution in [2.24, 2.45) is 23.7 Å². The Morgan fingerprint density at radius 2 is 1.89 bits per heavy atom. The molecule has 4 saturated heterocycles. The Bertz CT molecular complexity index is 623. The van der Waals surface area contributed by atoms with Crippen LogP contribution in [0.5, 0.6) is 0 Å². The number of hydrogen-bond donors (Lipinski definition) is 1. The summed E-state index contributed by atoms with van der Waals surface area (Å²) in [4.78, 5) is 34.5. The second-order valence-corrected chi connectivity index (χ2v) is 8.66. The second-order valence-electron chi connectivity index (χ2n) is 8.66. The molecule has 152 valence electrons. The topological polar surface area (TPSA) is 101 Å². The maximum Gasteiger partial charge on any atom is 0.308 e. The Morgan fingerprint density at radius 1 is 1.11 bits per heavy atom. The largest absolute Gasteiger partial charge is 0.481 e. The highest BCUT2D eigenvalue weighted by Gasteiger charge is 2.69. The van der Waals surface area contributed by atoms with Gasteiger partial charge >= 0.3 is 11.9 Å². The molecule has 1 unspecified atom stereocenters. The standard InChI is InChI=1S/C19H28O8/c1-10-4-5-13-11(2)16(23-15(22)7-6-14(20)21)24-17-19(13)12(10)8-9-18(3,25-17)26-27-19/h10-13,16-17H,4-9H2,1-3H3,(H,20,21)/t10-,11-,12+,13+,16-,17-,18-,19?/m1/s1. The minimum absolute atomic E-state index is 0.0670.